The molecule has 90 valence electrons. The van der Waals surface area contributed by atoms with Gasteiger partial charge in [0.2, 0.25) is 0 Å². The van der Waals surface area contributed by atoms with Crippen LogP contribution in [-0.2, 0) is 0 Å². The van der Waals surface area contributed by atoms with Crippen molar-refractivity contribution in [2.45, 2.75) is 26.7 Å². The average molecular weight is 237 g/mol. The lowest BCUT2D eigenvalue weighted by molar-refractivity contribution is 0.579. The number of benzene rings is 1. The minimum absolute atomic E-state index is 0.181. The fourth-order valence-electron chi connectivity index (χ4n) is 1.48. The third-order valence-corrected chi connectivity index (χ3v) is 2.54. The first-order valence-corrected chi connectivity index (χ1v) is 5.37. The Hall–Kier alpha value is -1.78. The number of aryl methyl sites for hydroxylation is 1. The van der Waals surface area contributed by atoms with E-state index in [4.69, 9.17) is 0 Å². The van der Waals surface area contributed by atoms with Gasteiger partial charge < -0.3 is 0 Å². The number of hydrogen-bond donors (Lipinski definition) is 1. The average Bonchev–Trinajstić information content (AvgIpc) is 2.72. The number of rotatable bonds is 2. The molecule has 0 aliphatic heterocycles. The standard InChI is InChI=1S/C12H13F2N3/c1-6(2)11-15-12(17-16-11)8-4-7(3)9(13)5-10(8)14/h4-6H,1-3H3,(H,15,16,17). The van der Waals surface area contributed by atoms with Crippen molar-refractivity contribution in [1.29, 1.82) is 0 Å². The van der Waals surface area contributed by atoms with Gasteiger partial charge in [-0.05, 0) is 18.6 Å². The van der Waals surface area contributed by atoms with E-state index >= 15 is 0 Å². The van der Waals surface area contributed by atoms with Crippen LogP contribution in [0.3, 0.4) is 0 Å². The van der Waals surface area contributed by atoms with Crippen LogP contribution in [0.1, 0.15) is 31.2 Å². The summed E-state index contributed by atoms with van der Waals surface area (Å²) in [6.07, 6.45) is 0. The predicted octanol–water partition coefficient (Wildman–Crippen LogP) is 3.18. The monoisotopic (exact) mass is 237 g/mol. The van der Waals surface area contributed by atoms with Gasteiger partial charge in [0, 0.05) is 12.0 Å². The second-order valence-electron chi connectivity index (χ2n) is 4.28. The van der Waals surface area contributed by atoms with E-state index in [1.165, 1.54) is 6.07 Å². The highest BCUT2D eigenvalue weighted by Gasteiger charge is 2.14. The predicted molar refractivity (Wildman–Crippen MR) is 60.6 cm³/mol. The number of nitrogens with one attached hydrogen (secondary N) is 1. The van der Waals surface area contributed by atoms with Gasteiger partial charge in [0.1, 0.15) is 17.5 Å². The second-order valence-corrected chi connectivity index (χ2v) is 4.28. The van der Waals surface area contributed by atoms with Crippen molar-refractivity contribution in [3.63, 3.8) is 0 Å². The summed E-state index contributed by atoms with van der Waals surface area (Å²) in [7, 11) is 0. The zero-order valence-corrected chi connectivity index (χ0v) is 9.88. The maximum Gasteiger partial charge on any atom is 0.184 e. The highest BCUT2D eigenvalue weighted by Crippen LogP contribution is 2.23. The summed E-state index contributed by atoms with van der Waals surface area (Å²) in [6, 6.07) is 2.27. The van der Waals surface area contributed by atoms with Crippen molar-refractivity contribution in [1.82, 2.24) is 15.2 Å². The number of nitrogens with zero attached hydrogens (tertiary/aromatic N) is 2. The van der Waals surface area contributed by atoms with E-state index in [0.29, 0.717) is 11.4 Å². The van der Waals surface area contributed by atoms with Gasteiger partial charge in [-0.15, -0.1) is 0 Å². The van der Waals surface area contributed by atoms with Gasteiger partial charge in [-0.2, -0.15) is 5.10 Å². The van der Waals surface area contributed by atoms with Crippen LogP contribution in [-0.4, -0.2) is 15.2 Å². The highest BCUT2D eigenvalue weighted by molar-refractivity contribution is 5.57. The summed E-state index contributed by atoms with van der Waals surface area (Å²) in [5.41, 5.74) is 0.587. The first-order valence-electron chi connectivity index (χ1n) is 5.37. The lowest BCUT2D eigenvalue weighted by Crippen LogP contribution is -1.93. The summed E-state index contributed by atoms with van der Waals surface area (Å²) in [5, 5.41) is 6.68. The summed E-state index contributed by atoms with van der Waals surface area (Å²) in [4.78, 5) is 4.18. The smallest absolute Gasteiger partial charge is 0.184 e. The van der Waals surface area contributed by atoms with E-state index < -0.39 is 11.6 Å². The molecule has 0 radical (unpaired) electrons. The Kier molecular flexibility index (Phi) is 2.92. The molecule has 0 fully saturated rings. The zero-order valence-electron chi connectivity index (χ0n) is 9.88. The first-order chi connectivity index (χ1) is 7.99. The summed E-state index contributed by atoms with van der Waals surface area (Å²) in [5.74, 6) is -0.0928. The van der Waals surface area contributed by atoms with E-state index in [1.807, 2.05) is 13.8 Å². The van der Waals surface area contributed by atoms with Crippen LogP contribution in [0.4, 0.5) is 8.78 Å². The normalized spacial score (nSPS) is 11.2. The van der Waals surface area contributed by atoms with E-state index in [1.54, 1.807) is 6.92 Å². The molecule has 0 aliphatic rings. The topological polar surface area (TPSA) is 41.6 Å². The number of hydrogen-bond acceptors (Lipinski definition) is 2. The molecular formula is C12H13F2N3. The van der Waals surface area contributed by atoms with Crippen molar-refractivity contribution < 1.29 is 8.78 Å². The largest absolute Gasteiger partial charge is 0.262 e. The van der Waals surface area contributed by atoms with Gasteiger partial charge in [-0.1, -0.05) is 13.8 Å². The van der Waals surface area contributed by atoms with Gasteiger partial charge in [0.25, 0.3) is 0 Å². The zero-order chi connectivity index (χ0) is 12.6. The molecule has 0 unspecified atom stereocenters. The maximum absolute atomic E-state index is 13.6. The Balaban J connectivity index is 2.49. The fraction of sp³-hybridized carbons (Fsp3) is 0.333. The molecule has 5 heteroatoms. The van der Waals surface area contributed by atoms with Gasteiger partial charge in [0.05, 0.1) is 5.56 Å². The van der Waals surface area contributed by atoms with Crippen molar-refractivity contribution >= 4 is 0 Å². The van der Waals surface area contributed by atoms with E-state index in [9.17, 15) is 8.78 Å². The molecule has 1 aromatic heterocycles. The minimum atomic E-state index is -0.651. The van der Waals surface area contributed by atoms with Gasteiger partial charge in [-0.3, -0.25) is 5.10 Å². The highest BCUT2D eigenvalue weighted by atomic mass is 19.1. The molecule has 1 N–H and O–H groups in total. The molecule has 1 aromatic carbocycles. The molecule has 1 heterocycles. The number of aromatic nitrogens is 3. The molecular weight excluding hydrogens is 224 g/mol. The minimum Gasteiger partial charge on any atom is -0.262 e. The molecule has 0 aliphatic carbocycles. The third-order valence-electron chi connectivity index (χ3n) is 2.54. The van der Waals surface area contributed by atoms with Crippen LogP contribution in [0.2, 0.25) is 0 Å². The Bertz CT molecular complexity index is 547. The quantitative estimate of drug-likeness (QED) is 0.871. The Morgan fingerprint density at radius 1 is 1.18 bits per heavy atom. The number of aromatic amines is 1. The Morgan fingerprint density at radius 2 is 1.88 bits per heavy atom. The number of halogens is 2. The van der Waals surface area contributed by atoms with Crippen molar-refractivity contribution in [2.75, 3.05) is 0 Å². The van der Waals surface area contributed by atoms with Crippen LogP contribution in [0, 0.1) is 18.6 Å². The molecule has 0 bridgehead atoms. The molecule has 17 heavy (non-hydrogen) atoms. The lowest BCUT2D eigenvalue weighted by Gasteiger charge is -2.01. The Labute approximate surface area is 97.9 Å². The molecule has 0 spiro atoms. The van der Waals surface area contributed by atoms with Crippen LogP contribution < -0.4 is 0 Å². The molecule has 0 amide bonds. The van der Waals surface area contributed by atoms with Gasteiger partial charge in [0.15, 0.2) is 5.82 Å². The number of H-pyrrole nitrogens is 1. The SMILES string of the molecule is Cc1cc(-c2n[nH]c(C(C)C)n2)c(F)cc1F. The third kappa shape index (κ3) is 2.18. The van der Waals surface area contributed by atoms with Crippen LogP contribution in [0.15, 0.2) is 12.1 Å². The molecule has 2 rings (SSSR count). The maximum atomic E-state index is 13.6. The van der Waals surface area contributed by atoms with Gasteiger partial charge >= 0.3 is 0 Å². The van der Waals surface area contributed by atoms with Crippen molar-refractivity contribution in [2.24, 2.45) is 0 Å². The molecule has 0 saturated carbocycles. The first kappa shape index (κ1) is 11.7. The molecule has 0 atom stereocenters. The van der Waals surface area contributed by atoms with Crippen LogP contribution >= 0.6 is 0 Å². The van der Waals surface area contributed by atoms with Gasteiger partial charge in [-0.25, -0.2) is 13.8 Å². The van der Waals surface area contributed by atoms with Crippen LogP contribution in [0.5, 0.6) is 0 Å². The van der Waals surface area contributed by atoms with Crippen LogP contribution in [0.25, 0.3) is 11.4 Å². The van der Waals surface area contributed by atoms with E-state index in [0.717, 1.165) is 6.07 Å². The molecule has 0 saturated heterocycles. The van der Waals surface area contributed by atoms with Crippen molar-refractivity contribution in [3.05, 3.63) is 35.2 Å². The fourth-order valence-corrected chi connectivity index (χ4v) is 1.48. The van der Waals surface area contributed by atoms with Crippen molar-refractivity contribution in [3.8, 4) is 11.4 Å². The lowest BCUT2D eigenvalue weighted by atomic mass is 10.1. The second kappa shape index (κ2) is 4.24. The van der Waals surface area contributed by atoms with E-state index in [2.05, 4.69) is 15.2 Å². The molecule has 3 nitrogen and oxygen atoms in total. The van der Waals surface area contributed by atoms with E-state index in [-0.39, 0.29) is 17.3 Å². The molecule has 2 aromatic rings. The summed E-state index contributed by atoms with van der Waals surface area (Å²) < 4.78 is 26.7. The summed E-state index contributed by atoms with van der Waals surface area (Å²) in [6.45, 7) is 5.49. The Morgan fingerprint density at radius 3 is 2.47 bits per heavy atom. The summed E-state index contributed by atoms with van der Waals surface area (Å²) >= 11 is 0.